The summed E-state index contributed by atoms with van der Waals surface area (Å²) >= 11 is 0. The minimum absolute atomic E-state index is 0.128. The highest BCUT2D eigenvalue weighted by molar-refractivity contribution is 7.47. The van der Waals surface area contributed by atoms with Crippen molar-refractivity contribution in [3.05, 3.63) is 65.7 Å². The highest BCUT2D eigenvalue weighted by Gasteiger charge is 2.34. The van der Waals surface area contributed by atoms with E-state index in [0.717, 1.165) is 21.4 Å². The molecule has 2 aromatic rings. The van der Waals surface area contributed by atoms with Crippen molar-refractivity contribution in [3.63, 3.8) is 0 Å². The summed E-state index contributed by atoms with van der Waals surface area (Å²) in [5.41, 5.74) is 1.11. The van der Waals surface area contributed by atoms with Crippen LogP contribution >= 0.6 is 8.58 Å². The van der Waals surface area contributed by atoms with Crippen LogP contribution in [0.15, 0.2) is 54.6 Å². The van der Waals surface area contributed by atoms with Crippen LogP contribution in [-0.4, -0.2) is 29.4 Å². The summed E-state index contributed by atoms with van der Waals surface area (Å²) in [5.74, 6) is -0.256. The van der Waals surface area contributed by atoms with Gasteiger partial charge in [0.25, 0.3) is 11.8 Å². The molecule has 28 heavy (non-hydrogen) atoms. The Labute approximate surface area is 170 Å². The number of fused-ring (bicyclic) bond motifs is 1. The van der Waals surface area contributed by atoms with Crippen LogP contribution in [0.25, 0.3) is 0 Å². The SMILES string of the molecule is O=C1c2ccccc2C(=O)N1CCCCCCCCCCPc1ccccc1. The molecule has 0 saturated carbocycles. The number of carbonyl (C=O) groups excluding carboxylic acids is 2. The highest BCUT2D eigenvalue weighted by Crippen LogP contribution is 2.23. The zero-order valence-electron chi connectivity index (χ0n) is 16.5. The standard InChI is InChI=1S/C24H30NO2P/c26-23-21-16-10-11-17-22(21)24(27)25(23)18-12-5-3-1-2-4-6-13-19-28-20-14-8-7-9-15-20/h7-11,14-17,28H,1-6,12-13,18-19H2. The number of unbranched alkanes of at least 4 members (excludes halogenated alkanes) is 7. The fourth-order valence-electron chi connectivity index (χ4n) is 3.69. The van der Waals surface area contributed by atoms with E-state index < -0.39 is 0 Å². The first kappa shape index (κ1) is 20.7. The molecule has 0 aromatic heterocycles. The second-order valence-corrected chi connectivity index (χ2v) is 8.86. The molecule has 1 unspecified atom stereocenters. The van der Waals surface area contributed by atoms with Crippen molar-refractivity contribution in [2.75, 3.05) is 12.7 Å². The molecule has 1 atom stereocenters. The first-order valence-corrected chi connectivity index (χ1v) is 11.7. The molecular weight excluding hydrogens is 365 g/mol. The lowest BCUT2D eigenvalue weighted by Gasteiger charge is -2.13. The zero-order valence-corrected chi connectivity index (χ0v) is 17.5. The molecule has 0 radical (unpaired) electrons. The van der Waals surface area contributed by atoms with Crippen molar-refractivity contribution in [2.45, 2.75) is 51.4 Å². The number of nitrogens with zero attached hydrogens (tertiary/aromatic N) is 1. The summed E-state index contributed by atoms with van der Waals surface area (Å²) in [6.07, 6.45) is 11.0. The van der Waals surface area contributed by atoms with Crippen molar-refractivity contribution in [1.29, 1.82) is 0 Å². The zero-order chi connectivity index (χ0) is 19.6. The van der Waals surface area contributed by atoms with Crippen LogP contribution in [0.2, 0.25) is 0 Å². The Hall–Kier alpha value is -1.99. The quantitative estimate of drug-likeness (QED) is 0.274. The number of carbonyl (C=O) groups is 2. The number of hydrogen-bond acceptors (Lipinski definition) is 2. The van der Waals surface area contributed by atoms with Gasteiger partial charge in [-0.15, -0.1) is 0 Å². The molecule has 1 aliphatic heterocycles. The predicted molar refractivity (Wildman–Crippen MR) is 118 cm³/mol. The average Bonchev–Trinajstić information content (AvgIpc) is 2.97. The maximum absolute atomic E-state index is 12.3. The van der Waals surface area contributed by atoms with Crippen LogP contribution in [0, 0.1) is 0 Å². The van der Waals surface area contributed by atoms with Crippen molar-refractivity contribution >= 4 is 25.7 Å². The molecule has 3 rings (SSSR count). The molecule has 0 aliphatic carbocycles. The summed E-state index contributed by atoms with van der Waals surface area (Å²) in [4.78, 5) is 26.0. The van der Waals surface area contributed by atoms with E-state index in [4.69, 9.17) is 0 Å². The Bertz CT molecular complexity index is 740. The molecule has 1 aliphatic rings. The molecule has 0 saturated heterocycles. The summed E-state index contributed by atoms with van der Waals surface area (Å²) in [6, 6.07) is 17.9. The average molecular weight is 395 g/mol. The van der Waals surface area contributed by atoms with Crippen LogP contribution in [0.5, 0.6) is 0 Å². The third-order valence-corrected chi connectivity index (χ3v) is 6.63. The van der Waals surface area contributed by atoms with Crippen molar-refractivity contribution in [1.82, 2.24) is 4.90 Å². The Morgan fingerprint density at radius 3 is 1.71 bits per heavy atom. The molecule has 2 amide bonds. The number of rotatable bonds is 12. The predicted octanol–water partition coefficient (Wildman–Crippen LogP) is 5.41. The lowest BCUT2D eigenvalue weighted by Crippen LogP contribution is -2.30. The van der Waals surface area contributed by atoms with Gasteiger partial charge in [0.2, 0.25) is 0 Å². The van der Waals surface area contributed by atoms with Crippen LogP contribution in [0.4, 0.5) is 0 Å². The van der Waals surface area contributed by atoms with Gasteiger partial charge in [-0.1, -0.05) is 89.6 Å². The molecule has 4 heteroatoms. The monoisotopic (exact) mass is 395 g/mol. The van der Waals surface area contributed by atoms with Crippen molar-refractivity contribution in [3.8, 4) is 0 Å². The second-order valence-electron chi connectivity index (χ2n) is 7.43. The Morgan fingerprint density at radius 2 is 1.11 bits per heavy atom. The van der Waals surface area contributed by atoms with Crippen molar-refractivity contribution in [2.24, 2.45) is 0 Å². The Balaban J connectivity index is 1.18. The fraction of sp³-hybridized carbons (Fsp3) is 0.417. The van der Waals surface area contributed by atoms with E-state index in [0.29, 0.717) is 17.7 Å². The van der Waals surface area contributed by atoms with Gasteiger partial charge in [-0.05, 0) is 36.4 Å². The largest absolute Gasteiger partial charge is 0.274 e. The lowest BCUT2D eigenvalue weighted by molar-refractivity contribution is 0.0651. The number of amides is 2. The van der Waals surface area contributed by atoms with E-state index in [-0.39, 0.29) is 11.8 Å². The van der Waals surface area contributed by atoms with E-state index in [2.05, 4.69) is 30.3 Å². The van der Waals surface area contributed by atoms with E-state index in [1.165, 1.54) is 54.9 Å². The second kappa shape index (κ2) is 11.1. The smallest absolute Gasteiger partial charge is 0.261 e. The van der Waals surface area contributed by atoms with Crippen LogP contribution < -0.4 is 5.30 Å². The highest BCUT2D eigenvalue weighted by atomic mass is 31.1. The van der Waals surface area contributed by atoms with Gasteiger partial charge in [0.1, 0.15) is 0 Å². The van der Waals surface area contributed by atoms with Gasteiger partial charge >= 0.3 is 0 Å². The Kier molecular flexibility index (Phi) is 8.23. The van der Waals surface area contributed by atoms with E-state index in [9.17, 15) is 9.59 Å². The minimum Gasteiger partial charge on any atom is -0.274 e. The molecule has 0 bridgehead atoms. The molecule has 148 valence electrons. The third-order valence-electron chi connectivity index (χ3n) is 5.29. The summed E-state index contributed by atoms with van der Waals surface area (Å²) in [7, 11) is 0.943. The molecule has 3 nitrogen and oxygen atoms in total. The van der Waals surface area contributed by atoms with Gasteiger partial charge in [0.15, 0.2) is 0 Å². The number of benzene rings is 2. The van der Waals surface area contributed by atoms with E-state index >= 15 is 0 Å². The first-order chi connectivity index (χ1) is 13.8. The molecule has 0 fully saturated rings. The number of imide groups is 1. The van der Waals surface area contributed by atoms with Crippen LogP contribution in [0.1, 0.15) is 72.1 Å². The van der Waals surface area contributed by atoms with Gasteiger partial charge in [-0.2, -0.15) is 0 Å². The lowest BCUT2D eigenvalue weighted by atomic mass is 10.1. The first-order valence-electron chi connectivity index (χ1n) is 10.5. The molecular formula is C24H30NO2P. The molecule has 1 heterocycles. The van der Waals surface area contributed by atoms with Gasteiger partial charge in [-0.25, -0.2) is 0 Å². The molecule has 2 aromatic carbocycles. The fourth-order valence-corrected chi connectivity index (χ4v) is 4.83. The normalized spacial score (nSPS) is 13.6. The maximum Gasteiger partial charge on any atom is 0.261 e. The molecule has 0 spiro atoms. The van der Waals surface area contributed by atoms with Gasteiger partial charge in [0.05, 0.1) is 11.1 Å². The van der Waals surface area contributed by atoms with Crippen LogP contribution in [0.3, 0.4) is 0 Å². The topological polar surface area (TPSA) is 37.4 Å². The summed E-state index contributed by atoms with van der Waals surface area (Å²) in [5, 5.41) is 1.47. The van der Waals surface area contributed by atoms with E-state index in [1.54, 1.807) is 12.1 Å². The van der Waals surface area contributed by atoms with Gasteiger partial charge < -0.3 is 0 Å². The van der Waals surface area contributed by atoms with Gasteiger partial charge in [-0.3, -0.25) is 14.5 Å². The summed E-state index contributed by atoms with van der Waals surface area (Å²) < 4.78 is 0. The summed E-state index contributed by atoms with van der Waals surface area (Å²) in [6.45, 7) is 0.548. The van der Waals surface area contributed by atoms with Crippen molar-refractivity contribution < 1.29 is 9.59 Å². The van der Waals surface area contributed by atoms with Gasteiger partial charge in [0, 0.05) is 6.54 Å². The van der Waals surface area contributed by atoms with E-state index in [1.807, 2.05) is 12.1 Å². The third kappa shape index (κ3) is 5.75. The Morgan fingerprint density at radius 1 is 0.607 bits per heavy atom. The number of hydrogen-bond donors (Lipinski definition) is 0. The molecule has 0 N–H and O–H groups in total. The minimum atomic E-state index is -0.128. The maximum atomic E-state index is 12.3. The van der Waals surface area contributed by atoms with Crippen LogP contribution in [-0.2, 0) is 0 Å².